The van der Waals surface area contributed by atoms with E-state index in [1.165, 1.54) is 0 Å². The molecule has 3 aromatic rings. The van der Waals surface area contributed by atoms with Gasteiger partial charge < -0.3 is 15.4 Å². The largest absolute Gasteiger partial charge is 0.487 e. The number of carbonyl (C=O) groups excluding carboxylic acids is 2. The number of benzene rings is 1. The molecule has 8 heteroatoms. The Bertz CT molecular complexity index is 1290. The normalized spacial score (nSPS) is 21.0. The van der Waals surface area contributed by atoms with Gasteiger partial charge in [0.25, 0.3) is 5.91 Å². The number of fused-ring (bicyclic) bond motifs is 2. The van der Waals surface area contributed by atoms with Crippen LogP contribution in [0.15, 0.2) is 30.6 Å². The van der Waals surface area contributed by atoms with Gasteiger partial charge in [-0.15, -0.1) is 0 Å². The molecule has 3 aliphatic rings. The van der Waals surface area contributed by atoms with Gasteiger partial charge in [0.05, 0.1) is 6.20 Å². The molecule has 0 radical (unpaired) electrons. The highest BCUT2D eigenvalue weighted by Crippen LogP contribution is 2.48. The first-order valence-corrected chi connectivity index (χ1v) is 11.6. The van der Waals surface area contributed by atoms with Crippen LogP contribution in [0.25, 0.3) is 5.65 Å². The fraction of sp³-hybridized carbons (Fsp3) is 0.440. The van der Waals surface area contributed by atoms with E-state index in [0.29, 0.717) is 36.5 Å². The summed E-state index contributed by atoms with van der Waals surface area (Å²) >= 11 is 0. The van der Waals surface area contributed by atoms with E-state index >= 15 is 0 Å². The molecule has 2 fully saturated rings. The number of amides is 2. The molecule has 2 aliphatic heterocycles. The van der Waals surface area contributed by atoms with Crippen LogP contribution in [-0.2, 0) is 17.6 Å². The molecule has 1 saturated heterocycles. The zero-order valence-corrected chi connectivity index (χ0v) is 18.9. The summed E-state index contributed by atoms with van der Waals surface area (Å²) in [5.41, 5.74) is 4.72. The predicted molar refractivity (Wildman–Crippen MR) is 123 cm³/mol. The monoisotopic (exact) mass is 445 g/mol. The fourth-order valence-corrected chi connectivity index (χ4v) is 4.98. The summed E-state index contributed by atoms with van der Waals surface area (Å²) < 4.78 is 7.74. The molecular formula is C25H27N5O3. The summed E-state index contributed by atoms with van der Waals surface area (Å²) in [5.74, 6) is 1.50. The lowest BCUT2D eigenvalue weighted by Crippen LogP contribution is -2.24. The van der Waals surface area contributed by atoms with Gasteiger partial charge in [0, 0.05) is 42.5 Å². The fourth-order valence-electron chi connectivity index (χ4n) is 4.98. The van der Waals surface area contributed by atoms with Crippen molar-refractivity contribution in [1.82, 2.24) is 19.9 Å². The van der Waals surface area contributed by atoms with Crippen LogP contribution >= 0.6 is 0 Å². The summed E-state index contributed by atoms with van der Waals surface area (Å²) in [6, 6.07) is 6.09. The lowest BCUT2D eigenvalue weighted by molar-refractivity contribution is -0.119. The third kappa shape index (κ3) is 3.83. The van der Waals surface area contributed by atoms with Crippen molar-refractivity contribution < 1.29 is 14.3 Å². The van der Waals surface area contributed by atoms with Crippen LogP contribution in [0, 0.1) is 5.92 Å². The number of carbonyl (C=O) groups is 2. The van der Waals surface area contributed by atoms with Crippen LogP contribution in [0.1, 0.15) is 66.2 Å². The molecule has 1 aliphatic carbocycles. The molecule has 1 aromatic carbocycles. The maximum atomic E-state index is 13.3. The first kappa shape index (κ1) is 20.2. The van der Waals surface area contributed by atoms with E-state index < -0.39 is 0 Å². The number of hydrogen-bond donors (Lipinski definition) is 2. The molecule has 170 valence electrons. The van der Waals surface area contributed by atoms with Crippen molar-refractivity contribution in [2.75, 3.05) is 11.9 Å². The van der Waals surface area contributed by atoms with Gasteiger partial charge in [0.1, 0.15) is 16.9 Å². The Balaban J connectivity index is 1.28. The van der Waals surface area contributed by atoms with E-state index in [-0.39, 0.29) is 23.3 Å². The summed E-state index contributed by atoms with van der Waals surface area (Å²) in [6.45, 7) is 4.84. The summed E-state index contributed by atoms with van der Waals surface area (Å²) in [5, 5.41) is 10.3. The molecule has 33 heavy (non-hydrogen) atoms. The van der Waals surface area contributed by atoms with E-state index in [9.17, 15) is 9.59 Å². The molecule has 1 unspecified atom stereocenters. The van der Waals surface area contributed by atoms with Crippen LogP contribution in [-0.4, -0.2) is 38.6 Å². The van der Waals surface area contributed by atoms with Crippen molar-refractivity contribution in [3.8, 4) is 5.75 Å². The molecule has 2 N–H and O–H groups in total. The Morgan fingerprint density at radius 1 is 1.33 bits per heavy atom. The smallest absolute Gasteiger partial charge is 0.261 e. The lowest BCUT2D eigenvalue weighted by Gasteiger charge is -2.17. The minimum absolute atomic E-state index is 0.0834. The number of anilines is 1. The number of ether oxygens (including phenoxy) is 1. The van der Waals surface area contributed by atoms with E-state index in [2.05, 4.69) is 41.7 Å². The van der Waals surface area contributed by atoms with Crippen LogP contribution in [0.5, 0.6) is 5.75 Å². The number of rotatable bonds is 5. The highest BCUT2D eigenvalue weighted by atomic mass is 16.5. The van der Waals surface area contributed by atoms with Gasteiger partial charge >= 0.3 is 0 Å². The van der Waals surface area contributed by atoms with Crippen molar-refractivity contribution in [2.45, 2.75) is 57.5 Å². The third-order valence-corrected chi connectivity index (χ3v) is 6.73. The Labute approximate surface area is 191 Å². The van der Waals surface area contributed by atoms with Gasteiger partial charge in [-0.2, -0.15) is 5.10 Å². The highest BCUT2D eigenvalue weighted by molar-refractivity contribution is 6.08. The topological polar surface area (TPSA) is 97.6 Å². The second kappa shape index (κ2) is 7.30. The SMILES string of the molecule is CC1(C)Cc2cc(NC(=O)c3cnn4ccc(CC5CNC(=O)C5)nc34)c(C3CC3)cc2O1. The predicted octanol–water partition coefficient (Wildman–Crippen LogP) is 3.25. The molecule has 1 saturated carbocycles. The van der Waals surface area contributed by atoms with Crippen molar-refractivity contribution in [1.29, 1.82) is 0 Å². The van der Waals surface area contributed by atoms with Gasteiger partial charge in [0.2, 0.25) is 5.91 Å². The average Bonchev–Trinajstić information content (AvgIpc) is 3.26. The van der Waals surface area contributed by atoms with Crippen LogP contribution < -0.4 is 15.4 Å². The number of aromatic nitrogens is 3. The first-order valence-electron chi connectivity index (χ1n) is 11.6. The van der Waals surface area contributed by atoms with E-state index in [0.717, 1.165) is 47.5 Å². The average molecular weight is 446 g/mol. The van der Waals surface area contributed by atoms with Crippen LogP contribution in [0.4, 0.5) is 5.69 Å². The molecule has 6 rings (SSSR count). The van der Waals surface area contributed by atoms with Gasteiger partial charge in [0.15, 0.2) is 5.65 Å². The number of hydrogen-bond acceptors (Lipinski definition) is 5. The van der Waals surface area contributed by atoms with Crippen molar-refractivity contribution in [3.63, 3.8) is 0 Å². The first-order chi connectivity index (χ1) is 15.8. The molecule has 2 amide bonds. The zero-order chi connectivity index (χ0) is 22.7. The summed E-state index contributed by atoms with van der Waals surface area (Å²) in [7, 11) is 0. The minimum atomic E-state index is -0.228. The Morgan fingerprint density at radius 3 is 2.94 bits per heavy atom. The van der Waals surface area contributed by atoms with Crippen LogP contribution in [0.2, 0.25) is 0 Å². The Kier molecular flexibility index (Phi) is 4.47. The van der Waals surface area contributed by atoms with Gasteiger partial charge in [-0.25, -0.2) is 9.50 Å². The molecule has 4 heterocycles. The molecule has 8 nitrogen and oxygen atoms in total. The number of nitrogens with zero attached hydrogens (tertiary/aromatic N) is 3. The number of nitrogens with one attached hydrogen (secondary N) is 2. The lowest BCUT2D eigenvalue weighted by atomic mass is 9.98. The molecule has 2 aromatic heterocycles. The minimum Gasteiger partial charge on any atom is -0.487 e. The van der Waals surface area contributed by atoms with Crippen molar-refractivity contribution in [2.24, 2.45) is 5.92 Å². The van der Waals surface area contributed by atoms with E-state index in [1.807, 2.05) is 12.3 Å². The summed E-state index contributed by atoms with van der Waals surface area (Å²) in [6.07, 6.45) is 7.67. The molecule has 0 spiro atoms. The molecule has 0 bridgehead atoms. The zero-order valence-electron chi connectivity index (χ0n) is 18.9. The van der Waals surface area contributed by atoms with Crippen LogP contribution in [0.3, 0.4) is 0 Å². The third-order valence-electron chi connectivity index (χ3n) is 6.73. The van der Waals surface area contributed by atoms with Gasteiger partial charge in [-0.3, -0.25) is 9.59 Å². The molecular weight excluding hydrogens is 418 g/mol. The Hall–Kier alpha value is -3.42. The van der Waals surface area contributed by atoms with Gasteiger partial charge in [-0.1, -0.05) is 0 Å². The van der Waals surface area contributed by atoms with Gasteiger partial charge in [-0.05, 0) is 68.7 Å². The Morgan fingerprint density at radius 2 is 2.18 bits per heavy atom. The maximum absolute atomic E-state index is 13.3. The molecule has 1 atom stereocenters. The summed E-state index contributed by atoms with van der Waals surface area (Å²) in [4.78, 5) is 29.5. The van der Waals surface area contributed by atoms with E-state index in [1.54, 1.807) is 10.7 Å². The second-order valence-corrected chi connectivity index (χ2v) is 10.1. The maximum Gasteiger partial charge on any atom is 0.261 e. The van der Waals surface area contributed by atoms with E-state index in [4.69, 9.17) is 9.72 Å². The quantitative estimate of drug-likeness (QED) is 0.628. The second-order valence-electron chi connectivity index (χ2n) is 10.1. The highest BCUT2D eigenvalue weighted by Gasteiger charge is 2.34. The standard InChI is InChI=1S/C25H27N5O3/c1-25(2)11-16-9-20(18(15-3-4-15)10-21(16)33-25)29-24(32)19-13-27-30-6-5-17(28-23(19)30)7-14-8-22(31)26-12-14/h5-6,9-10,13-15H,3-4,7-8,11-12H2,1-2H3,(H,26,31)(H,29,32). The van der Waals surface area contributed by atoms with Crippen molar-refractivity contribution in [3.05, 3.63) is 53.0 Å². The van der Waals surface area contributed by atoms with Crippen molar-refractivity contribution >= 4 is 23.1 Å².